The minimum Gasteiger partial charge on any atom is -0.386 e. The van der Waals surface area contributed by atoms with Gasteiger partial charge in [0.05, 0.1) is 16.6 Å². The summed E-state index contributed by atoms with van der Waals surface area (Å²) in [6.45, 7) is 3.44. The number of amides is 1. The SMILES string of the molecule is Cc1nc2cc(C(=O)NCC3(O)CCCN(c4ccccn4)C3)ccc2n1C. The van der Waals surface area contributed by atoms with Crippen LogP contribution in [-0.2, 0) is 7.05 Å². The van der Waals surface area contributed by atoms with E-state index in [0.29, 0.717) is 18.5 Å². The fraction of sp³-hybridized carbons (Fsp3) is 0.381. The molecule has 7 heteroatoms. The Morgan fingerprint density at radius 1 is 1.32 bits per heavy atom. The van der Waals surface area contributed by atoms with Crippen molar-refractivity contribution in [2.75, 3.05) is 24.5 Å². The van der Waals surface area contributed by atoms with Gasteiger partial charge in [-0.15, -0.1) is 0 Å². The fourth-order valence-corrected chi connectivity index (χ4v) is 3.80. The van der Waals surface area contributed by atoms with E-state index in [2.05, 4.69) is 20.2 Å². The summed E-state index contributed by atoms with van der Waals surface area (Å²) in [6.07, 6.45) is 3.25. The van der Waals surface area contributed by atoms with E-state index >= 15 is 0 Å². The quantitative estimate of drug-likeness (QED) is 0.725. The van der Waals surface area contributed by atoms with Gasteiger partial charge in [-0.1, -0.05) is 6.07 Å². The van der Waals surface area contributed by atoms with Gasteiger partial charge in [0.25, 0.3) is 5.91 Å². The van der Waals surface area contributed by atoms with Crippen LogP contribution in [0, 0.1) is 6.92 Å². The number of aliphatic hydroxyl groups is 1. The Hall–Kier alpha value is -2.93. The fourth-order valence-electron chi connectivity index (χ4n) is 3.80. The number of carbonyl (C=O) groups excluding carboxylic acids is 1. The van der Waals surface area contributed by atoms with Crippen molar-refractivity contribution in [2.45, 2.75) is 25.4 Å². The number of piperidine rings is 1. The summed E-state index contributed by atoms with van der Waals surface area (Å²) in [5.41, 5.74) is 1.36. The predicted octanol–water partition coefficient (Wildman–Crippen LogP) is 2.04. The first-order valence-corrected chi connectivity index (χ1v) is 9.55. The Kier molecular flexibility index (Phi) is 4.77. The number of carbonyl (C=O) groups is 1. The van der Waals surface area contributed by atoms with Gasteiger partial charge in [0, 0.05) is 38.4 Å². The molecule has 3 aromatic rings. The first-order chi connectivity index (χ1) is 13.5. The highest BCUT2D eigenvalue weighted by molar-refractivity contribution is 5.97. The number of rotatable bonds is 4. The molecular weight excluding hydrogens is 354 g/mol. The molecule has 0 saturated carbocycles. The molecule has 0 spiro atoms. The molecule has 1 saturated heterocycles. The monoisotopic (exact) mass is 379 g/mol. The van der Waals surface area contributed by atoms with Crippen LogP contribution in [0.25, 0.3) is 11.0 Å². The molecule has 4 rings (SSSR count). The molecule has 3 heterocycles. The van der Waals surface area contributed by atoms with E-state index in [4.69, 9.17) is 0 Å². The van der Waals surface area contributed by atoms with Crippen LogP contribution in [0.3, 0.4) is 0 Å². The third-order valence-corrected chi connectivity index (χ3v) is 5.47. The summed E-state index contributed by atoms with van der Waals surface area (Å²) in [5, 5.41) is 13.9. The Labute approximate surface area is 164 Å². The van der Waals surface area contributed by atoms with Crippen LogP contribution in [0.1, 0.15) is 29.0 Å². The van der Waals surface area contributed by atoms with Crippen LogP contribution in [0.5, 0.6) is 0 Å². The number of β-amino-alcohol motifs (C(OH)–C–C–N with tert-alkyl or cyclic N) is 1. The number of fused-ring (bicyclic) bond motifs is 1. The van der Waals surface area contributed by atoms with E-state index in [9.17, 15) is 9.90 Å². The van der Waals surface area contributed by atoms with Gasteiger partial charge in [-0.25, -0.2) is 9.97 Å². The molecule has 28 heavy (non-hydrogen) atoms. The number of aryl methyl sites for hydroxylation is 2. The molecule has 1 atom stereocenters. The van der Waals surface area contributed by atoms with E-state index in [-0.39, 0.29) is 12.5 Å². The van der Waals surface area contributed by atoms with Crippen LogP contribution in [0.2, 0.25) is 0 Å². The number of pyridine rings is 1. The van der Waals surface area contributed by atoms with Crippen molar-refractivity contribution in [1.82, 2.24) is 19.9 Å². The van der Waals surface area contributed by atoms with Crippen molar-refractivity contribution in [3.05, 3.63) is 54.0 Å². The lowest BCUT2D eigenvalue weighted by Crippen LogP contribution is -2.54. The molecule has 0 bridgehead atoms. The van der Waals surface area contributed by atoms with E-state index in [1.54, 1.807) is 18.3 Å². The highest BCUT2D eigenvalue weighted by Crippen LogP contribution is 2.24. The molecule has 0 radical (unpaired) electrons. The van der Waals surface area contributed by atoms with Crippen molar-refractivity contribution < 1.29 is 9.90 Å². The Morgan fingerprint density at radius 2 is 2.18 bits per heavy atom. The minimum absolute atomic E-state index is 0.200. The van der Waals surface area contributed by atoms with E-state index in [1.165, 1.54) is 0 Å². The number of nitrogens with zero attached hydrogens (tertiary/aromatic N) is 4. The zero-order valence-corrected chi connectivity index (χ0v) is 16.2. The number of imidazole rings is 1. The summed E-state index contributed by atoms with van der Waals surface area (Å²) in [6, 6.07) is 11.2. The van der Waals surface area contributed by atoms with E-state index in [0.717, 1.165) is 35.6 Å². The number of aromatic nitrogens is 3. The van der Waals surface area contributed by atoms with E-state index in [1.807, 2.05) is 42.8 Å². The van der Waals surface area contributed by atoms with Crippen LogP contribution in [-0.4, -0.2) is 50.8 Å². The molecule has 1 unspecified atom stereocenters. The highest BCUT2D eigenvalue weighted by atomic mass is 16.3. The molecule has 0 aliphatic carbocycles. The van der Waals surface area contributed by atoms with Crippen molar-refractivity contribution in [1.29, 1.82) is 0 Å². The maximum atomic E-state index is 12.6. The molecular formula is C21H25N5O2. The molecule has 2 aromatic heterocycles. The molecule has 2 N–H and O–H groups in total. The Bertz CT molecular complexity index is 1000. The molecule has 146 valence electrons. The predicted molar refractivity (Wildman–Crippen MR) is 108 cm³/mol. The lowest BCUT2D eigenvalue weighted by atomic mass is 9.92. The van der Waals surface area contributed by atoms with Gasteiger partial charge in [-0.05, 0) is 50.1 Å². The number of anilines is 1. The maximum absolute atomic E-state index is 12.6. The zero-order valence-electron chi connectivity index (χ0n) is 16.2. The lowest BCUT2D eigenvalue weighted by Gasteiger charge is -2.39. The molecule has 1 fully saturated rings. The van der Waals surface area contributed by atoms with Gasteiger partial charge >= 0.3 is 0 Å². The average molecular weight is 379 g/mol. The van der Waals surface area contributed by atoms with Gasteiger partial charge in [0.2, 0.25) is 0 Å². The molecule has 1 aliphatic heterocycles. The normalized spacial score (nSPS) is 19.8. The van der Waals surface area contributed by atoms with Gasteiger partial charge in [-0.3, -0.25) is 4.79 Å². The number of nitrogens with one attached hydrogen (secondary N) is 1. The van der Waals surface area contributed by atoms with Crippen molar-refractivity contribution in [3.63, 3.8) is 0 Å². The molecule has 1 amide bonds. The number of hydrogen-bond acceptors (Lipinski definition) is 5. The first kappa shape index (κ1) is 18.4. The van der Waals surface area contributed by atoms with Gasteiger partial charge in [0.15, 0.2) is 0 Å². The second-order valence-corrected chi connectivity index (χ2v) is 7.54. The minimum atomic E-state index is -0.975. The molecule has 1 aliphatic rings. The summed E-state index contributed by atoms with van der Waals surface area (Å²) in [4.78, 5) is 23.6. The van der Waals surface area contributed by atoms with Crippen molar-refractivity contribution in [3.8, 4) is 0 Å². The van der Waals surface area contributed by atoms with E-state index < -0.39 is 5.60 Å². The van der Waals surface area contributed by atoms with Crippen LogP contribution >= 0.6 is 0 Å². The van der Waals surface area contributed by atoms with Crippen LogP contribution < -0.4 is 10.2 Å². The van der Waals surface area contributed by atoms with Crippen LogP contribution in [0.15, 0.2) is 42.6 Å². The smallest absolute Gasteiger partial charge is 0.251 e. The second kappa shape index (κ2) is 7.24. The number of benzene rings is 1. The zero-order chi connectivity index (χ0) is 19.7. The summed E-state index contributed by atoms with van der Waals surface area (Å²) < 4.78 is 1.99. The van der Waals surface area contributed by atoms with Crippen molar-refractivity contribution >= 4 is 22.8 Å². The van der Waals surface area contributed by atoms with Crippen molar-refractivity contribution in [2.24, 2.45) is 7.05 Å². The summed E-state index contributed by atoms with van der Waals surface area (Å²) >= 11 is 0. The summed E-state index contributed by atoms with van der Waals surface area (Å²) in [5.74, 6) is 1.55. The van der Waals surface area contributed by atoms with Gasteiger partial charge in [-0.2, -0.15) is 0 Å². The second-order valence-electron chi connectivity index (χ2n) is 7.54. The highest BCUT2D eigenvalue weighted by Gasteiger charge is 2.34. The largest absolute Gasteiger partial charge is 0.386 e. The Balaban J connectivity index is 1.43. The van der Waals surface area contributed by atoms with Crippen LogP contribution in [0.4, 0.5) is 5.82 Å². The lowest BCUT2D eigenvalue weighted by molar-refractivity contribution is 0.0254. The van der Waals surface area contributed by atoms with Gasteiger partial charge < -0.3 is 19.9 Å². The van der Waals surface area contributed by atoms with Gasteiger partial charge in [0.1, 0.15) is 11.6 Å². The first-order valence-electron chi connectivity index (χ1n) is 9.55. The molecule has 1 aromatic carbocycles. The molecule has 7 nitrogen and oxygen atoms in total. The average Bonchev–Trinajstić information content (AvgIpc) is 3.00. The third-order valence-electron chi connectivity index (χ3n) is 5.47. The topological polar surface area (TPSA) is 83.3 Å². The summed E-state index contributed by atoms with van der Waals surface area (Å²) in [7, 11) is 1.95. The third kappa shape index (κ3) is 3.57. The number of hydrogen-bond donors (Lipinski definition) is 2. The Morgan fingerprint density at radius 3 is 2.96 bits per heavy atom. The maximum Gasteiger partial charge on any atom is 0.251 e. The standard InChI is InChI=1S/C21H25N5O2/c1-15-24-17-12-16(7-8-18(17)25(15)2)20(27)23-13-21(28)9-5-11-26(14-21)19-6-3-4-10-22-19/h3-4,6-8,10,12,28H,5,9,11,13-14H2,1-2H3,(H,23,27).